The number of phosphoric ester groups is 1. The maximum absolute atomic E-state index is 12.9. The van der Waals surface area contributed by atoms with Gasteiger partial charge in [-0.1, -0.05) is 224 Å². The summed E-state index contributed by atoms with van der Waals surface area (Å²) < 4.78 is 39.5. The van der Waals surface area contributed by atoms with Crippen LogP contribution in [0.1, 0.15) is 278 Å². The second-order valence-corrected chi connectivity index (χ2v) is 20.9. The van der Waals surface area contributed by atoms with Crippen LogP contribution in [-0.4, -0.2) is 66.5 Å². The first kappa shape index (κ1) is 67.7. The van der Waals surface area contributed by atoms with Crippen molar-refractivity contribution in [3.8, 4) is 0 Å². The van der Waals surface area contributed by atoms with Crippen molar-refractivity contribution in [3.05, 3.63) is 36.5 Å². The number of unbranched alkanes of at least 4 members (excludes halogenated alkanes) is 31. The fourth-order valence-corrected chi connectivity index (χ4v) is 8.88. The van der Waals surface area contributed by atoms with Crippen LogP contribution in [0.15, 0.2) is 36.5 Å². The predicted octanol–water partition coefficient (Wildman–Crippen LogP) is 16.8. The van der Waals surface area contributed by atoms with Crippen molar-refractivity contribution < 1.29 is 52.2 Å². The lowest BCUT2D eigenvalue weighted by Crippen LogP contribution is -2.30. The molecule has 0 aliphatic heterocycles. The average molecular weight is 1010 g/mol. The molecule has 0 aromatic carbocycles. The van der Waals surface area contributed by atoms with Gasteiger partial charge in [0.1, 0.15) is 12.7 Å². The molecule has 0 saturated heterocycles. The second kappa shape index (κ2) is 53.0. The van der Waals surface area contributed by atoms with Gasteiger partial charge < -0.3 is 24.2 Å². The Labute approximate surface area is 429 Å². The third-order valence-electron chi connectivity index (χ3n) is 12.5. The van der Waals surface area contributed by atoms with Crippen molar-refractivity contribution in [2.75, 3.05) is 26.4 Å². The molecule has 12 heteroatoms. The fourth-order valence-electron chi connectivity index (χ4n) is 8.10. The summed E-state index contributed by atoms with van der Waals surface area (Å²) in [6.07, 6.45) is 53.9. The number of ether oxygens (including phenoxy) is 3. The van der Waals surface area contributed by atoms with Crippen LogP contribution in [0.4, 0.5) is 0 Å². The van der Waals surface area contributed by atoms with Gasteiger partial charge in [0.2, 0.25) is 0 Å². The third-order valence-corrected chi connectivity index (χ3v) is 13.5. The van der Waals surface area contributed by atoms with E-state index < -0.39 is 57.8 Å². The summed E-state index contributed by atoms with van der Waals surface area (Å²) in [7, 11) is -4.74. The number of hydrogen-bond donors (Lipinski definition) is 2. The number of aliphatic hydroxyl groups excluding tert-OH is 1. The summed E-state index contributed by atoms with van der Waals surface area (Å²) in [6, 6.07) is 0. The maximum atomic E-state index is 12.9. The quantitative estimate of drug-likeness (QED) is 0.0197. The topological polar surface area (TPSA) is 155 Å². The van der Waals surface area contributed by atoms with Gasteiger partial charge in [-0.15, -0.1) is 0 Å². The van der Waals surface area contributed by atoms with Gasteiger partial charge >= 0.3 is 25.7 Å². The lowest BCUT2D eigenvalue weighted by atomic mass is 10.1. The molecular weight excluding hydrogens is 904 g/mol. The molecule has 0 fully saturated rings. The largest absolute Gasteiger partial charge is 0.472 e. The molecule has 0 aromatic heterocycles. The first-order valence-corrected chi connectivity index (χ1v) is 30.4. The van der Waals surface area contributed by atoms with Gasteiger partial charge in [-0.2, -0.15) is 0 Å². The number of aliphatic hydroxyl groups is 1. The van der Waals surface area contributed by atoms with Crippen LogP contribution in [0.5, 0.6) is 0 Å². The molecule has 2 N–H and O–H groups in total. The van der Waals surface area contributed by atoms with Gasteiger partial charge in [-0.25, -0.2) is 4.57 Å². The van der Waals surface area contributed by atoms with Gasteiger partial charge in [0.05, 0.1) is 19.8 Å². The number of esters is 3. The summed E-state index contributed by atoms with van der Waals surface area (Å²) in [5.74, 6) is -1.46. The Morgan fingerprint density at radius 2 is 0.729 bits per heavy atom. The molecular formula is C58H107O11P. The number of rotatable bonds is 54. The highest BCUT2D eigenvalue weighted by Gasteiger charge is 2.28. The molecule has 0 saturated carbocycles. The number of hydrogen-bond acceptors (Lipinski definition) is 10. The monoisotopic (exact) mass is 1010 g/mol. The molecule has 0 spiro atoms. The Morgan fingerprint density at radius 1 is 0.400 bits per heavy atom. The molecule has 0 aliphatic carbocycles. The molecule has 0 rings (SSSR count). The SMILES string of the molecule is CCC/C=C\C/C=C\CCCCCCCC(=O)OC(CO)COP(=O)(O)OCC(COC(=O)CCCCCCCCCCCCC)OC(=O)CCCCCCCCCCC/C=C\CCCCCCCC. The van der Waals surface area contributed by atoms with Gasteiger partial charge in [0, 0.05) is 19.3 Å². The first-order valence-electron chi connectivity index (χ1n) is 28.9. The summed E-state index contributed by atoms with van der Waals surface area (Å²) >= 11 is 0. The number of carbonyl (C=O) groups is 3. The van der Waals surface area contributed by atoms with Gasteiger partial charge in [-0.05, 0) is 70.6 Å². The Morgan fingerprint density at radius 3 is 1.13 bits per heavy atom. The van der Waals surface area contributed by atoms with E-state index in [1.807, 2.05) is 0 Å². The lowest BCUT2D eigenvalue weighted by molar-refractivity contribution is -0.161. The van der Waals surface area contributed by atoms with Crippen molar-refractivity contribution >= 4 is 25.7 Å². The van der Waals surface area contributed by atoms with E-state index in [0.717, 1.165) is 83.5 Å². The van der Waals surface area contributed by atoms with E-state index >= 15 is 0 Å². The van der Waals surface area contributed by atoms with Gasteiger partial charge in [-0.3, -0.25) is 23.4 Å². The number of carbonyl (C=O) groups excluding carboxylic acids is 3. The summed E-state index contributed by atoms with van der Waals surface area (Å²) in [6.45, 7) is 4.58. The van der Waals surface area contributed by atoms with Crippen LogP contribution < -0.4 is 0 Å². The van der Waals surface area contributed by atoms with E-state index in [1.165, 1.54) is 135 Å². The molecule has 11 nitrogen and oxygen atoms in total. The molecule has 3 unspecified atom stereocenters. The Hall–Kier alpha value is -2.30. The van der Waals surface area contributed by atoms with Crippen LogP contribution >= 0.6 is 7.82 Å². The first-order chi connectivity index (χ1) is 34.2. The highest BCUT2D eigenvalue weighted by Crippen LogP contribution is 2.43. The van der Waals surface area contributed by atoms with Crippen molar-refractivity contribution in [1.29, 1.82) is 0 Å². The summed E-state index contributed by atoms with van der Waals surface area (Å²) in [5, 5.41) is 9.79. The molecule has 3 atom stereocenters. The molecule has 0 aliphatic rings. The lowest BCUT2D eigenvalue weighted by Gasteiger charge is -2.21. The molecule has 0 bridgehead atoms. The van der Waals surface area contributed by atoms with Crippen molar-refractivity contribution in [2.24, 2.45) is 0 Å². The van der Waals surface area contributed by atoms with E-state index in [4.69, 9.17) is 23.3 Å². The van der Waals surface area contributed by atoms with E-state index in [0.29, 0.717) is 19.3 Å². The minimum atomic E-state index is -4.74. The highest BCUT2D eigenvalue weighted by molar-refractivity contribution is 7.47. The van der Waals surface area contributed by atoms with E-state index in [1.54, 1.807) is 0 Å². The molecule has 410 valence electrons. The van der Waals surface area contributed by atoms with Crippen molar-refractivity contribution in [1.82, 2.24) is 0 Å². The second-order valence-electron chi connectivity index (χ2n) is 19.5. The van der Waals surface area contributed by atoms with E-state index in [2.05, 4.69) is 57.2 Å². The molecule has 0 heterocycles. The van der Waals surface area contributed by atoms with E-state index in [9.17, 15) is 28.9 Å². The Kier molecular flexibility index (Phi) is 51.3. The standard InChI is InChI=1S/C58H107O11P/c1-4-7-10-13-16-19-22-24-25-26-27-28-29-31-34-37-40-43-46-49-58(62)69-55(51-65-56(60)47-44-41-38-35-32-21-18-15-12-9-6-3)53-67-70(63,64)66-52-54(50-59)68-57(61)48-45-42-39-36-33-30-23-20-17-14-11-8-5-2/h11,14,20,23-25,54-55,59H,4-10,12-13,15-19,21-22,26-53H2,1-3H3,(H,63,64)/b14-11-,23-20-,25-24-. The average Bonchev–Trinajstić information content (AvgIpc) is 3.35. The predicted molar refractivity (Wildman–Crippen MR) is 289 cm³/mol. The van der Waals surface area contributed by atoms with Crippen LogP contribution in [-0.2, 0) is 42.2 Å². The normalized spacial score (nSPS) is 13.6. The summed E-state index contributed by atoms with van der Waals surface area (Å²) in [4.78, 5) is 48.4. The number of phosphoric acid groups is 1. The summed E-state index contributed by atoms with van der Waals surface area (Å²) in [5.41, 5.74) is 0. The highest BCUT2D eigenvalue weighted by atomic mass is 31.2. The zero-order valence-electron chi connectivity index (χ0n) is 45.2. The fraction of sp³-hybridized carbons (Fsp3) is 0.845. The third kappa shape index (κ3) is 50.6. The van der Waals surface area contributed by atoms with Crippen molar-refractivity contribution in [3.63, 3.8) is 0 Å². The van der Waals surface area contributed by atoms with Crippen LogP contribution in [0.25, 0.3) is 0 Å². The maximum Gasteiger partial charge on any atom is 0.472 e. The van der Waals surface area contributed by atoms with Gasteiger partial charge in [0.15, 0.2) is 6.10 Å². The van der Waals surface area contributed by atoms with Crippen molar-refractivity contribution in [2.45, 2.75) is 290 Å². The zero-order chi connectivity index (χ0) is 51.3. The minimum Gasteiger partial charge on any atom is -0.462 e. The zero-order valence-corrected chi connectivity index (χ0v) is 46.1. The minimum absolute atomic E-state index is 0.163. The Balaban J connectivity index is 4.67. The number of allylic oxidation sites excluding steroid dienone is 6. The van der Waals surface area contributed by atoms with Crippen LogP contribution in [0.3, 0.4) is 0 Å². The smallest absolute Gasteiger partial charge is 0.462 e. The van der Waals surface area contributed by atoms with Crippen LogP contribution in [0, 0.1) is 0 Å². The molecule has 70 heavy (non-hydrogen) atoms. The molecule has 0 amide bonds. The molecule has 0 radical (unpaired) electrons. The van der Waals surface area contributed by atoms with Crippen LogP contribution in [0.2, 0.25) is 0 Å². The van der Waals surface area contributed by atoms with Gasteiger partial charge in [0.25, 0.3) is 0 Å². The molecule has 0 aromatic rings. The van der Waals surface area contributed by atoms with E-state index in [-0.39, 0.29) is 25.9 Å². The Bertz CT molecular complexity index is 1320.